The van der Waals surface area contributed by atoms with Gasteiger partial charge in [-0.3, -0.25) is 4.79 Å². The number of esters is 1. The number of anilines is 1. The predicted molar refractivity (Wildman–Crippen MR) is 111 cm³/mol. The van der Waals surface area contributed by atoms with Crippen molar-refractivity contribution < 1.29 is 33.0 Å². The van der Waals surface area contributed by atoms with E-state index in [1.54, 1.807) is 43.3 Å². The first-order valence-corrected chi connectivity index (χ1v) is 9.31. The van der Waals surface area contributed by atoms with Crippen molar-refractivity contribution in [1.82, 2.24) is 0 Å². The van der Waals surface area contributed by atoms with Crippen molar-refractivity contribution in [2.75, 3.05) is 32.8 Å². The summed E-state index contributed by atoms with van der Waals surface area (Å²) in [4.78, 5) is 24.6. The van der Waals surface area contributed by atoms with E-state index in [9.17, 15) is 9.59 Å². The first kappa shape index (κ1) is 21.0. The highest BCUT2D eigenvalue weighted by molar-refractivity contribution is 5.98. The fourth-order valence-electron chi connectivity index (χ4n) is 2.96. The van der Waals surface area contributed by atoms with Crippen molar-refractivity contribution in [1.29, 1.82) is 0 Å². The van der Waals surface area contributed by atoms with Crippen molar-refractivity contribution in [3.8, 4) is 17.2 Å². The van der Waals surface area contributed by atoms with Gasteiger partial charge in [0.1, 0.15) is 11.3 Å². The average molecular weight is 413 g/mol. The van der Waals surface area contributed by atoms with Crippen LogP contribution in [0.4, 0.5) is 5.69 Å². The van der Waals surface area contributed by atoms with Gasteiger partial charge < -0.3 is 28.7 Å². The average Bonchev–Trinajstić information content (AvgIpc) is 3.08. The molecule has 0 spiro atoms. The molecule has 3 rings (SSSR count). The second kappa shape index (κ2) is 9.21. The summed E-state index contributed by atoms with van der Waals surface area (Å²) in [6.07, 6.45) is 0. The van der Waals surface area contributed by atoms with Crippen molar-refractivity contribution in [3.05, 3.63) is 47.7 Å². The normalized spacial score (nSPS) is 10.5. The number of amides is 1. The summed E-state index contributed by atoms with van der Waals surface area (Å²) in [5.41, 5.74) is 1.65. The molecule has 2 aromatic carbocycles. The van der Waals surface area contributed by atoms with Crippen LogP contribution in [0.1, 0.15) is 23.0 Å². The van der Waals surface area contributed by atoms with Crippen LogP contribution in [0.2, 0.25) is 0 Å². The monoisotopic (exact) mass is 413 g/mol. The molecule has 0 radical (unpaired) electrons. The van der Waals surface area contributed by atoms with E-state index in [0.717, 1.165) is 5.39 Å². The van der Waals surface area contributed by atoms with Gasteiger partial charge in [-0.2, -0.15) is 0 Å². The van der Waals surface area contributed by atoms with E-state index in [-0.39, 0.29) is 5.76 Å². The lowest BCUT2D eigenvalue weighted by atomic mass is 10.1. The second-order valence-corrected chi connectivity index (χ2v) is 6.34. The Balaban J connectivity index is 1.65. The largest absolute Gasteiger partial charge is 0.494 e. The molecule has 8 heteroatoms. The number of hydrogen-bond donors (Lipinski definition) is 1. The molecule has 1 amide bonds. The number of ether oxygens (including phenoxy) is 4. The number of aryl methyl sites for hydroxylation is 1. The number of benzene rings is 2. The van der Waals surface area contributed by atoms with E-state index < -0.39 is 18.5 Å². The molecular weight excluding hydrogens is 390 g/mol. The number of rotatable bonds is 8. The minimum absolute atomic E-state index is 0.0533. The van der Waals surface area contributed by atoms with Crippen molar-refractivity contribution in [2.24, 2.45) is 0 Å². The van der Waals surface area contributed by atoms with Crippen LogP contribution in [-0.4, -0.2) is 39.3 Å². The standard InChI is InChI=1S/C22H23NO7/c1-5-28-15-7-9-17-16(11-15)13(2)21(30-17)22(25)29-12-20(24)23-14-6-8-18(26-3)19(10-14)27-4/h6-11H,5,12H2,1-4H3,(H,23,24). The van der Waals surface area contributed by atoms with E-state index in [2.05, 4.69) is 5.32 Å². The maximum Gasteiger partial charge on any atom is 0.375 e. The van der Waals surface area contributed by atoms with Gasteiger partial charge in [-0.05, 0) is 44.2 Å². The van der Waals surface area contributed by atoms with Crippen molar-refractivity contribution in [3.63, 3.8) is 0 Å². The Morgan fingerprint density at radius 1 is 1.03 bits per heavy atom. The van der Waals surface area contributed by atoms with Crippen LogP contribution in [0.5, 0.6) is 17.2 Å². The van der Waals surface area contributed by atoms with E-state index >= 15 is 0 Å². The highest BCUT2D eigenvalue weighted by atomic mass is 16.5. The highest BCUT2D eigenvalue weighted by Gasteiger charge is 2.20. The maximum atomic E-state index is 12.4. The highest BCUT2D eigenvalue weighted by Crippen LogP contribution is 2.30. The van der Waals surface area contributed by atoms with Gasteiger partial charge >= 0.3 is 5.97 Å². The lowest BCUT2D eigenvalue weighted by Crippen LogP contribution is -2.21. The molecule has 1 heterocycles. The molecule has 3 aromatic rings. The molecule has 0 atom stereocenters. The lowest BCUT2D eigenvalue weighted by Gasteiger charge is -2.10. The van der Waals surface area contributed by atoms with Crippen LogP contribution in [0.15, 0.2) is 40.8 Å². The quantitative estimate of drug-likeness (QED) is 0.559. The summed E-state index contributed by atoms with van der Waals surface area (Å²) in [6, 6.07) is 10.2. The van der Waals surface area contributed by atoms with Crippen LogP contribution in [0.3, 0.4) is 0 Å². The number of carbonyl (C=O) groups excluding carboxylic acids is 2. The Kier molecular flexibility index (Phi) is 6.46. The van der Waals surface area contributed by atoms with Crippen LogP contribution in [0, 0.1) is 6.92 Å². The molecule has 8 nitrogen and oxygen atoms in total. The Morgan fingerprint density at radius 2 is 1.80 bits per heavy atom. The third-order valence-electron chi connectivity index (χ3n) is 4.41. The number of methoxy groups -OCH3 is 2. The number of nitrogens with one attached hydrogen (secondary N) is 1. The van der Waals surface area contributed by atoms with E-state index in [1.165, 1.54) is 14.2 Å². The van der Waals surface area contributed by atoms with Gasteiger partial charge in [0.15, 0.2) is 18.1 Å². The molecule has 1 aromatic heterocycles. The topological polar surface area (TPSA) is 96.2 Å². The van der Waals surface area contributed by atoms with Gasteiger partial charge in [0.2, 0.25) is 5.76 Å². The molecule has 0 aliphatic heterocycles. The first-order valence-electron chi connectivity index (χ1n) is 9.31. The van der Waals surface area contributed by atoms with Crippen LogP contribution in [-0.2, 0) is 9.53 Å². The Bertz CT molecular complexity index is 1070. The van der Waals surface area contributed by atoms with Gasteiger partial charge in [-0.15, -0.1) is 0 Å². The molecule has 0 unspecified atom stereocenters. The number of hydrogen-bond acceptors (Lipinski definition) is 7. The van der Waals surface area contributed by atoms with Gasteiger partial charge in [-0.25, -0.2) is 4.79 Å². The molecule has 0 saturated carbocycles. The predicted octanol–water partition coefficient (Wildman–Crippen LogP) is 3.95. The van der Waals surface area contributed by atoms with Crippen LogP contribution >= 0.6 is 0 Å². The SMILES string of the molecule is CCOc1ccc2oc(C(=O)OCC(=O)Nc3ccc(OC)c(OC)c3)c(C)c2c1. The summed E-state index contributed by atoms with van der Waals surface area (Å²) in [6.45, 7) is 3.71. The van der Waals surface area contributed by atoms with E-state index in [1.807, 2.05) is 6.92 Å². The molecule has 30 heavy (non-hydrogen) atoms. The zero-order valence-corrected chi connectivity index (χ0v) is 17.2. The van der Waals surface area contributed by atoms with Crippen molar-refractivity contribution >= 4 is 28.5 Å². The first-order chi connectivity index (χ1) is 14.5. The van der Waals surface area contributed by atoms with Gasteiger partial charge in [0, 0.05) is 22.7 Å². The molecule has 0 fully saturated rings. The van der Waals surface area contributed by atoms with Gasteiger partial charge in [0.05, 0.1) is 20.8 Å². The fourth-order valence-corrected chi connectivity index (χ4v) is 2.96. The molecule has 0 aliphatic rings. The summed E-state index contributed by atoms with van der Waals surface area (Å²) in [5, 5.41) is 3.39. The summed E-state index contributed by atoms with van der Waals surface area (Å²) < 4.78 is 26.6. The maximum absolute atomic E-state index is 12.4. The van der Waals surface area contributed by atoms with Gasteiger partial charge in [0.25, 0.3) is 5.91 Å². The molecule has 158 valence electrons. The number of carbonyl (C=O) groups is 2. The summed E-state index contributed by atoms with van der Waals surface area (Å²) in [5.74, 6) is 0.527. The Hall–Kier alpha value is -3.68. The smallest absolute Gasteiger partial charge is 0.375 e. The fraction of sp³-hybridized carbons (Fsp3) is 0.273. The second-order valence-electron chi connectivity index (χ2n) is 6.34. The zero-order valence-electron chi connectivity index (χ0n) is 17.2. The number of fused-ring (bicyclic) bond motifs is 1. The molecule has 1 N–H and O–H groups in total. The zero-order chi connectivity index (χ0) is 21.7. The Labute approximate surface area is 173 Å². The van der Waals surface area contributed by atoms with E-state index in [4.69, 9.17) is 23.4 Å². The third kappa shape index (κ3) is 4.48. The number of furan rings is 1. The molecule has 0 bridgehead atoms. The van der Waals surface area contributed by atoms with Crippen LogP contribution < -0.4 is 19.5 Å². The molecule has 0 aliphatic carbocycles. The van der Waals surface area contributed by atoms with Crippen molar-refractivity contribution in [2.45, 2.75) is 13.8 Å². The van der Waals surface area contributed by atoms with E-state index in [0.29, 0.717) is 40.7 Å². The summed E-state index contributed by atoms with van der Waals surface area (Å²) in [7, 11) is 3.02. The lowest BCUT2D eigenvalue weighted by molar-refractivity contribution is -0.119. The minimum atomic E-state index is -0.718. The minimum Gasteiger partial charge on any atom is -0.494 e. The molecular formula is C22H23NO7. The third-order valence-corrected chi connectivity index (χ3v) is 4.41. The van der Waals surface area contributed by atoms with Crippen LogP contribution in [0.25, 0.3) is 11.0 Å². The van der Waals surface area contributed by atoms with Gasteiger partial charge in [-0.1, -0.05) is 0 Å². The molecule has 0 saturated heterocycles. The summed E-state index contributed by atoms with van der Waals surface area (Å²) >= 11 is 0. The Morgan fingerprint density at radius 3 is 2.50 bits per heavy atom.